The van der Waals surface area contributed by atoms with Gasteiger partial charge >= 0.3 is 6.18 Å². The molecule has 7 nitrogen and oxygen atoms in total. The predicted molar refractivity (Wildman–Crippen MR) is 125 cm³/mol. The molecule has 190 valence electrons. The molecule has 1 aromatic carbocycles. The van der Waals surface area contributed by atoms with Crippen molar-refractivity contribution in [2.24, 2.45) is 5.41 Å². The summed E-state index contributed by atoms with van der Waals surface area (Å²) in [5.41, 5.74) is -2.00. The van der Waals surface area contributed by atoms with Crippen molar-refractivity contribution in [3.05, 3.63) is 72.1 Å². The molecule has 1 N–H and O–H groups in total. The van der Waals surface area contributed by atoms with Gasteiger partial charge in [0.1, 0.15) is 0 Å². The summed E-state index contributed by atoms with van der Waals surface area (Å²) in [7, 11) is 0.913. The first-order chi connectivity index (χ1) is 17.2. The number of alkyl halides is 3. The van der Waals surface area contributed by atoms with E-state index in [1.807, 2.05) is 28.8 Å². The standard InChI is InChI=1S/C26H27F3N4O3/c1-36-25(26(27,28)29,18-6-3-2-4-7-18)23(35)32-14-11-24(12-15-32)16-22(34)30-17-20(24)21-9-5-8-19-10-13-31-33(19)21/h2-10,13,20H,11-12,14-17H2,1H3,(H,30,34)/t20-,25-/m1/s1. The van der Waals surface area contributed by atoms with Crippen LogP contribution in [0.4, 0.5) is 13.2 Å². The average molecular weight is 501 g/mol. The van der Waals surface area contributed by atoms with Gasteiger partial charge in [-0.1, -0.05) is 36.4 Å². The van der Waals surface area contributed by atoms with Gasteiger partial charge in [-0.05, 0) is 36.5 Å². The van der Waals surface area contributed by atoms with Crippen LogP contribution in [0.5, 0.6) is 0 Å². The van der Waals surface area contributed by atoms with E-state index in [1.54, 1.807) is 12.3 Å². The van der Waals surface area contributed by atoms with Crippen LogP contribution in [0.2, 0.25) is 0 Å². The lowest BCUT2D eigenvalue weighted by molar-refractivity contribution is -0.271. The Hall–Kier alpha value is -3.40. The number of carbonyl (C=O) groups excluding carboxylic acids is 2. The summed E-state index contributed by atoms with van der Waals surface area (Å²) in [6.07, 6.45) is -2.23. The summed E-state index contributed by atoms with van der Waals surface area (Å²) < 4.78 is 50.1. The highest BCUT2D eigenvalue weighted by Gasteiger charge is 2.64. The number of benzene rings is 1. The van der Waals surface area contributed by atoms with Crippen molar-refractivity contribution in [2.75, 3.05) is 26.7 Å². The number of piperidine rings is 2. The van der Waals surface area contributed by atoms with E-state index in [2.05, 4.69) is 10.4 Å². The summed E-state index contributed by atoms with van der Waals surface area (Å²) >= 11 is 0. The molecule has 2 aliphatic heterocycles. The predicted octanol–water partition coefficient (Wildman–Crippen LogP) is 3.65. The van der Waals surface area contributed by atoms with Gasteiger partial charge in [0, 0.05) is 56.5 Å². The lowest BCUT2D eigenvalue weighted by Crippen LogP contribution is -2.60. The van der Waals surface area contributed by atoms with Crippen LogP contribution >= 0.6 is 0 Å². The zero-order valence-corrected chi connectivity index (χ0v) is 19.8. The van der Waals surface area contributed by atoms with E-state index < -0.39 is 23.1 Å². The van der Waals surface area contributed by atoms with Crippen LogP contribution in [0.1, 0.15) is 36.4 Å². The molecule has 2 aromatic heterocycles. The van der Waals surface area contributed by atoms with E-state index in [-0.39, 0.29) is 36.9 Å². The molecule has 2 aliphatic rings. The van der Waals surface area contributed by atoms with Crippen LogP contribution in [-0.2, 0) is 19.9 Å². The second-order valence-corrected chi connectivity index (χ2v) is 9.56. The van der Waals surface area contributed by atoms with Crippen LogP contribution in [0, 0.1) is 5.41 Å². The van der Waals surface area contributed by atoms with E-state index in [9.17, 15) is 22.8 Å². The maximum absolute atomic E-state index is 14.4. The molecule has 2 fully saturated rings. The molecule has 2 amide bonds. The Morgan fingerprint density at radius 3 is 2.47 bits per heavy atom. The Morgan fingerprint density at radius 1 is 1.08 bits per heavy atom. The fraction of sp³-hybridized carbons (Fsp3) is 0.423. The third-order valence-electron chi connectivity index (χ3n) is 7.80. The Kier molecular flexibility index (Phi) is 6.02. The average Bonchev–Trinajstić information content (AvgIpc) is 3.35. The summed E-state index contributed by atoms with van der Waals surface area (Å²) in [5, 5.41) is 7.37. The molecule has 10 heteroatoms. The fourth-order valence-electron chi connectivity index (χ4n) is 5.90. The Bertz CT molecular complexity index is 1270. The summed E-state index contributed by atoms with van der Waals surface area (Å²) in [6.45, 7) is 0.581. The van der Waals surface area contributed by atoms with E-state index in [1.165, 1.54) is 29.2 Å². The smallest absolute Gasteiger partial charge is 0.356 e. The summed E-state index contributed by atoms with van der Waals surface area (Å²) in [5.74, 6) is -1.33. The zero-order chi connectivity index (χ0) is 25.6. The number of hydrogen-bond donors (Lipinski definition) is 1. The molecule has 2 saturated heterocycles. The van der Waals surface area contributed by atoms with Crippen LogP contribution in [0.25, 0.3) is 5.52 Å². The van der Waals surface area contributed by atoms with E-state index in [4.69, 9.17) is 4.74 Å². The molecule has 5 rings (SSSR count). The van der Waals surface area contributed by atoms with E-state index in [0.29, 0.717) is 19.4 Å². The molecule has 0 radical (unpaired) electrons. The number of ether oxygens (including phenoxy) is 1. The lowest BCUT2D eigenvalue weighted by atomic mass is 9.63. The highest BCUT2D eigenvalue weighted by Crippen LogP contribution is 2.50. The van der Waals surface area contributed by atoms with Gasteiger partial charge in [0.05, 0.1) is 5.52 Å². The van der Waals surface area contributed by atoms with Gasteiger partial charge in [0.2, 0.25) is 5.91 Å². The van der Waals surface area contributed by atoms with Crippen LogP contribution < -0.4 is 5.32 Å². The first-order valence-electron chi connectivity index (χ1n) is 11.9. The maximum atomic E-state index is 14.4. The Morgan fingerprint density at radius 2 is 1.81 bits per heavy atom. The number of amides is 2. The lowest BCUT2D eigenvalue weighted by Gasteiger charge is -2.50. The number of halogens is 3. The summed E-state index contributed by atoms with van der Waals surface area (Å²) in [6, 6.07) is 14.7. The molecule has 2 atom stereocenters. The van der Waals surface area contributed by atoms with Crippen molar-refractivity contribution in [1.29, 1.82) is 0 Å². The minimum atomic E-state index is -4.96. The number of pyridine rings is 1. The molecule has 36 heavy (non-hydrogen) atoms. The second-order valence-electron chi connectivity index (χ2n) is 9.56. The van der Waals surface area contributed by atoms with Gasteiger partial charge in [0.25, 0.3) is 11.5 Å². The highest BCUT2D eigenvalue weighted by molar-refractivity contribution is 5.88. The molecule has 0 saturated carbocycles. The number of fused-ring (bicyclic) bond motifs is 1. The number of nitrogens with one attached hydrogen (secondary N) is 1. The molecule has 4 heterocycles. The van der Waals surface area contributed by atoms with Gasteiger partial charge in [-0.15, -0.1) is 0 Å². The third-order valence-corrected chi connectivity index (χ3v) is 7.80. The minimum absolute atomic E-state index is 0.0890. The largest absolute Gasteiger partial charge is 0.430 e. The number of aromatic nitrogens is 2. The van der Waals surface area contributed by atoms with Gasteiger partial charge < -0.3 is 15.0 Å². The Labute approximate surface area is 206 Å². The first kappa shape index (κ1) is 24.3. The van der Waals surface area contributed by atoms with Gasteiger partial charge in [-0.25, -0.2) is 4.52 Å². The summed E-state index contributed by atoms with van der Waals surface area (Å²) in [4.78, 5) is 27.2. The van der Waals surface area contributed by atoms with Crippen molar-refractivity contribution in [3.8, 4) is 0 Å². The monoisotopic (exact) mass is 500 g/mol. The molecular weight excluding hydrogens is 473 g/mol. The number of likely N-dealkylation sites (tertiary alicyclic amines) is 1. The highest BCUT2D eigenvalue weighted by atomic mass is 19.4. The van der Waals surface area contributed by atoms with E-state index >= 15 is 0 Å². The maximum Gasteiger partial charge on any atom is 0.430 e. The molecular formula is C26H27F3N4O3. The minimum Gasteiger partial charge on any atom is -0.356 e. The zero-order valence-electron chi connectivity index (χ0n) is 19.8. The number of hydrogen-bond acceptors (Lipinski definition) is 4. The normalized spacial score (nSPS) is 21.8. The third kappa shape index (κ3) is 3.75. The topological polar surface area (TPSA) is 75.9 Å². The van der Waals surface area contributed by atoms with E-state index in [0.717, 1.165) is 18.3 Å². The van der Waals surface area contributed by atoms with Crippen molar-refractivity contribution < 1.29 is 27.5 Å². The number of nitrogens with zero attached hydrogens (tertiary/aromatic N) is 3. The second kappa shape index (κ2) is 8.92. The molecule has 0 unspecified atom stereocenters. The molecule has 3 aromatic rings. The van der Waals surface area contributed by atoms with Crippen LogP contribution in [0.15, 0.2) is 60.8 Å². The quantitative estimate of drug-likeness (QED) is 0.594. The van der Waals surface area contributed by atoms with Crippen molar-refractivity contribution in [3.63, 3.8) is 0 Å². The van der Waals surface area contributed by atoms with Gasteiger partial charge in [-0.3, -0.25) is 9.59 Å². The van der Waals surface area contributed by atoms with Crippen LogP contribution in [-0.4, -0.2) is 59.2 Å². The van der Waals surface area contributed by atoms with Crippen LogP contribution in [0.3, 0.4) is 0 Å². The van der Waals surface area contributed by atoms with Crippen molar-refractivity contribution in [1.82, 2.24) is 19.8 Å². The fourth-order valence-corrected chi connectivity index (χ4v) is 5.90. The molecule has 0 aliphatic carbocycles. The van der Waals surface area contributed by atoms with Crippen molar-refractivity contribution in [2.45, 2.75) is 37.0 Å². The number of rotatable bonds is 4. The van der Waals surface area contributed by atoms with Crippen molar-refractivity contribution >= 4 is 17.3 Å². The van der Waals surface area contributed by atoms with Gasteiger partial charge in [0.15, 0.2) is 0 Å². The Balaban J connectivity index is 1.46. The number of methoxy groups -OCH3 is 1. The molecule has 0 bridgehead atoms. The first-order valence-corrected chi connectivity index (χ1v) is 11.9. The molecule has 1 spiro atoms. The van der Waals surface area contributed by atoms with Gasteiger partial charge in [-0.2, -0.15) is 18.3 Å². The SMILES string of the molecule is CO[C@@](C(=O)N1CCC2(CC1)CC(=O)NC[C@@H]2c1cccc2ccnn12)(c1ccccc1)C(F)(F)F. The number of carbonyl (C=O) groups is 2.